The van der Waals surface area contributed by atoms with Crippen LogP contribution in [0.4, 0.5) is 0 Å². The van der Waals surface area contributed by atoms with Gasteiger partial charge in [-0.3, -0.25) is 14.6 Å². The molecule has 3 aliphatic rings. The number of nitrogens with zero attached hydrogens (tertiary/aromatic N) is 2. The summed E-state index contributed by atoms with van der Waals surface area (Å²) in [7, 11) is 0. The zero-order chi connectivity index (χ0) is 21.0. The van der Waals surface area contributed by atoms with Gasteiger partial charge < -0.3 is 15.0 Å². The molecule has 2 fully saturated rings. The molecule has 0 unspecified atom stereocenters. The van der Waals surface area contributed by atoms with Crippen LogP contribution in [0, 0.1) is 0 Å². The minimum absolute atomic E-state index is 0.0258. The van der Waals surface area contributed by atoms with Gasteiger partial charge in [-0.25, -0.2) is 0 Å². The maximum absolute atomic E-state index is 13.5. The number of fused-ring (bicyclic) bond motifs is 2. The largest absolute Gasteiger partial charge is 0.467 e. The highest BCUT2D eigenvalue weighted by atomic mass is 16.5. The van der Waals surface area contributed by atoms with Gasteiger partial charge in [0.05, 0.1) is 16.6 Å². The fourth-order valence-electron chi connectivity index (χ4n) is 4.68. The van der Waals surface area contributed by atoms with Crippen molar-refractivity contribution in [2.45, 2.75) is 37.3 Å². The zero-order valence-electron chi connectivity index (χ0n) is 17.1. The number of ether oxygens (including phenoxy) is 1. The van der Waals surface area contributed by atoms with Crippen molar-refractivity contribution in [3.63, 3.8) is 0 Å². The number of hydrogen-bond donors (Lipinski definition) is 1. The average Bonchev–Trinajstić information content (AvgIpc) is 3.64. The Bertz CT molecular complexity index is 1210. The number of carbonyl (C=O) groups excluding carboxylic acids is 2. The number of para-hydroxylation sites is 2. The Morgan fingerprint density at radius 1 is 1.06 bits per heavy atom. The summed E-state index contributed by atoms with van der Waals surface area (Å²) in [4.78, 5) is 32.7. The molecular formula is C25H23N3O3. The van der Waals surface area contributed by atoms with Crippen LogP contribution in [-0.4, -0.2) is 40.5 Å². The third-order valence-electron chi connectivity index (χ3n) is 6.60. The number of pyridine rings is 1. The van der Waals surface area contributed by atoms with Gasteiger partial charge in [0, 0.05) is 42.9 Å². The van der Waals surface area contributed by atoms with E-state index in [0.29, 0.717) is 43.2 Å². The smallest absolute Gasteiger partial charge is 0.258 e. The lowest BCUT2D eigenvalue weighted by Gasteiger charge is -2.44. The molecule has 3 aromatic rings. The average molecular weight is 413 g/mol. The molecule has 6 rings (SSSR count). The predicted molar refractivity (Wildman–Crippen MR) is 116 cm³/mol. The highest BCUT2D eigenvalue weighted by molar-refractivity contribution is 6.06. The molecule has 2 aliphatic heterocycles. The van der Waals surface area contributed by atoms with Crippen molar-refractivity contribution in [2.24, 2.45) is 0 Å². The molecule has 1 saturated carbocycles. The number of carbonyl (C=O) groups is 2. The summed E-state index contributed by atoms with van der Waals surface area (Å²) in [5.41, 5.74) is 2.44. The summed E-state index contributed by atoms with van der Waals surface area (Å²) in [5.74, 6) is 1.00. The van der Waals surface area contributed by atoms with Crippen LogP contribution < -0.4 is 10.1 Å². The second-order valence-corrected chi connectivity index (χ2v) is 8.72. The Kier molecular flexibility index (Phi) is 4.03. The topological polar surface area (TPSA) is 71.5 Å². The SMILES string of the molecule is O=C1NC2(CCN(C(=O)c3cc(C4CC4)nc4ccccc34)CC2)Oc2ccccc21. The van der Waals surface area contributed by atoms with Crippen LogP contribution in [0.2, 0.25) is 0 Å². The fourth-order valence-corrected chi connectivity index (χ4v) is 4.68. The van der Waals surface area contributed by atoms with E-state index in [4.69, 9.17) is 9.72 Å². The third kappa shape index (κ3) is 3.14. The molecule has 6 nitrogen and oxygen atoms in total. The summed E-state index contributed by atoms with van der Waals surface area (Å²) < 4.78 is 6.21. The van der Waals surface area contributed by atoms with E-state index in [2.05, 4.69) is 5.32 Å². The molecule has 1 aliphatic carbocycles. The predicted octanol–water partition coefficient (Wildman–Crippen LogP) is 3.87. The van der Waals surface area contributed by atoms with Crippen molar-refractivity contribution in [3.8, 4) is 5.75 Å². The summed E-state index contributed by atoms with van der Waals surface area (Å²) >= 11 is 0. The molecule has 0 atom stereocenters. The van der Waals surface area contributed by atoms with E-state index in [-0.39, 0.29) is 11.8 Å². The number of aromatic nitrogens is 1. The molecule has 0 bridgehead atoms. The van der Waals surface area contributed by atoms with Gasteiger partial charge in [0.2, 0.25) is 0 Å². The van der Waals surface area contributed by atoms with E-state index in [1.54, 1.807) is 6.07 Å². The molecule has 1 aromatic heterocycles. The number of rotatable bonds is 2. The van der Waals surface area contributed by atoms with Crippen LogP contribution >= 0.6 is 0 Å². The van der Waals surface area contributed by atoms with Crippen LogP contribution in [0.15, 0.2) is 54.6 Å². The molecule has 156 valence electrons. The lowest BCUT2D eigenvalue weighted by Crippen LogP contribution is -2.61. The minimum Gasteiger partial charge on any atom is -0.467 e. The summed E-state index contributed by atoms with van der Waals surface area (Å²) in [6.45, 7) is 1.05. The van der Waals surface area contributed by atoms with Crippen LogP contribution in [0.3, 0.4) is 0 Å². The molecule has 2 amide bonds. The standard InChI is InChI=1S/C25H23N3O3/c29-23-18-6-2-4-8-22(18)31-25(27-23)11-13-28(14-12-25)24(30)19-15-21(16-9-10-16)26-20-7-3-1-5-17(19)20/h1-8,15-16H,9-14H2,(H,27,29). The molecule has 2 aromatic carbocycles. The monoisotopic (exact) mass is 413 g/mol. The van der Waals surface area contributed by atoms with Gasteiger partial charge in [-0.05, 0) is 37.1 Å². The first-order valence-corrected chi connectivity index (χ1v) is 10.9. The van der Waals surface area contributed by atoms with E-state index in [9.17, 15) is 9.59 Å². The Morgan fingerprint density at radius 3 is 2.61 bits per heavy atom. The van der Waals surface area contributed by atoms with Crippen molar-refractivity contribution in [3.05, 3.63) is 71.4 Å². The van der Waals surface area contributed by atoms with E-state index < -0.39 is 5.72 Å². The van der Waals surface area contributed by atoms with Gasteiger partial charge in [0.15, 0.2) is 5.72 Å². The van der Waals surface area contributed by atoms with Gasteiger partial charge in [-0.15, -0.1) is 0 Å². The third-order valence-corrected chi connectivity index (χ3v) is 6.60. The molecule has 1 spiro atoms. The second-order valence-electron chi connectivity index (χ2n) is 8.72. The number of hydrogen-bond acceptors (Lipinski definition) is 4. The lowest BCUT2D eigenvalue weighted by atomic mass is 9.96. The molecular weight excluding hydrogens is 390 g/mol. The van der Waals surface area contributed by atoms with Crippen LogP contribution in [-0.2, 0) is 0 Å². The van der Waals surface area contributed by atoms with Gasteiger partial charge in [-0.2, -0.15) is 0 Å². The molecule has 6 heteroatoms. The van der Waals surface area contributed by atoms with Gasteiger partial charge in [0.1, 0.15) is 5.75 Å². The normalized spacial score (nSPS) is 19.6. The van der Waals surface area contributed by atoms with Crippen LogP contribution in [0.1, 0.15) is 58.0 Å². The second kappa shape index (κ2) is 6.80. The molecule has 31 heavy (non-hydrogen) atoms. The van der Waals surface area contributed by atoms with Crippen molar-refractivity contribution in [1.29, 1.82) is 0 Å². The maximum atomic E-state index is 13.5. The van der Waals surface area contributed by atoms with Crippen LogP contribution in [0.5, 0.6) is 5.75 Å². The minimum atomic E-state index is -0.748. The quantitative estimate of drug-likeness (QED) is 0.692. The Balaban J connectivity index is 1.26. The van der Waals surface area contributed by atoms with Gasteiger partial charge >= 0.3 is 0 Å². The first-order chi connectivity index (χ1) is 15.1. The number of amides is 2. The Hall–Kier alpha value is -3.41. The van der Waals surface area contributed by atoms with Gasteiger partial charge in [0.25, 0.3) is 11.8 Å². The lowest BCUT2D eigenvalue weighted by molar-refractivity contribution is -0.0245. The number of likely N-dealkylation sites (tertiary alicyclic amines) is 1. The van der Waals surface area contributed by atoms with Crippen molar-refractivity contribution in [1.82, 2.24) is 15.2 Å². The van der Waals surface area contributed by atoms with E-state index in [0.717, 1.165) is 35.0 Å². The molecule has 1 saturated heterocycles. The first-order valence-electron chi connectivity index (χ1n) is 10.9. The highest BCUT2D eigenvalue weighted by Crippen LogP contribution is 2.40. The number of benzene rings is 2. The van der Waals surface area contributed by atoms with E-state index >= 15 is 0 Å². The Morgan fingerprint density at radius 2 is 1.81 bits per heavy atom. The van der Waals surface area contributed by atoms with Crippen molar-refractivity contribution in [2.75, 3.05) is 13.1 Å². The number of piperidine rings is 1. The molecule has 0 radical (unpaired) electrons. The maximum Gasteiger partial charge on any atom is 0.258 e. The molecule has 1 N–H and O–H groups in total. The Labute approximate surface area is 180 Å². The molecule has 3 heterocycles. The highest BCUT2D eigenvalue weighted by Gasteiger charge is 2.43. The van der Waals surface area contributed by atoms with E-state index in [1.165, 1.54) is 0 Å². The summed E-state index contributed by atoms with van der Waals surface area (Å²) in [5, 5.41) is 3.94. The van der Waals surface area contributed by atoms with Crippen LogP contribution in [0.25, 0.3) is 10.9 Å². The number of nitrogens with one attached hydrogen (secondary N) is 1. The van der Waals surface area contributed by atoms with E-state index in [1.807, 2.05) is 53.4 Å². The van der Waals surface area contributed by atoms with Crippen molar-refractivity contribution >= 4 is 22.7 Å². The summed E-state index contributed by atoms with van der Waals surface area (Å²) in [6, 6.07) is 17.1. The van der Waals surface area contributed by atoms with Gasteiger partial charge in [-0.1, -0.05) is 30.3 Å². The zero-order valence-corrected chi connectivity index (χ0v) is 17.1. The van der Waals surface area contributed by atoms with Crippen molar-refractivity contribution < 1.29 is 14.3 Å². The summed E-state index contributed by atoms with van der Waals surface area (Å²) in [6.07, 6.45) is 3.39. The first kappa shape index (κ1) is 18.4. The fraction of sp³-hybridized carbons (Fsp3) is 0.320.